The molecule has 112 valence electrons. The van der Waals surface area contributed by atoms with Crippen molar-refractivity contribution in [1.82, 2.24) is 5.32 Å². The summed E-state index contributed by atoms with van der Waals surface area (Å²) in [5, 5.41) is 3.16. The summed E-state index contributed by atoms with van der Waals surface area (Å²) in [6.45, 7) is 0. The number of allylic oxidation sites excluding steroid dienone is 2. The highest BCUT2D eigenvalue weighted by atomic mass is 19.4. The van der Waals surface area contributed by atoms with Gasteiger partial charge in [0.05, 0.1) is 11.6 Å². The summed E-state index contributed by atoms with van der Waals surface area (Å²) >= 11 is 0. The smallest absolute Gasteiger partial charge is 0.381 e. The Hall–Kier alpha value is -2.49. The second-order valence-electron chi connectivity index (χ2n) is 5.05. The lowest BCUT2D eigenvalue weighted by Gasteiger charge is -2.21. The third kappa shape index (κ3) is 2.91. The first-order valence-corrected chi connectivity index (χ1v) is 6.92. The molecule has 1 atom stereocenters. The molecule has 0 saturated carbocycles. The predicted octanol–water partition coefficient (Wildman–Crippen LogP) is 4.95. The lowest BCUT2D eigenvalue weighted by atomic mass is 9.94. The summed E-state index contributed by atoms with van der Waals surface area (Å²) in [4.78, 5) is 0. The second-order valence-corrected chi connectivity index (χ2v) is 5.05. The molecule has 4 heteroatoms. The minimum absolute atomic E-state index is 0.137. The van der Waals surface area contributed by atoms with Crippen LogP contribution < -0.4 is 5.32 Å². The average molecular weight is 301 g/mol. The van der Waals surface area contributed by atoms with Crippen LogP contribution in [0, 0.1) is 0 Å². The quantitative estimate of drug-likeness (QED) is 0.828. The molecule has 0 spiro atoms. The molecule has 0 fully saturated rings. The molecule has 0 amide bonds. The summed E-state index contributed by atoms with van der Waals surface area (Å²) in [5.41, 5.74) is 1.17. The van der Waals surface area contributed by atoms with Crippen LogP contribution in [-0.2, 0) is 6.18 Å². The van der Waals surface area contributed by atoms with Gasteiger partial charge in [0.15, 0.2) is 0 Å². The molecule has 22 heavy (non-hydrogen) atoms. The number of alkyl halides is 3. The molecule has 0 bridgehead atoms. The molecule has 0 saturated heterocycles. The maximum atomic E-state index is 13.2. The Morgan fingerprint density at radius 1 is 0.864 bits per heavy atom. The van der Waals surface area contributed by atoms with Crippen molar-refractivity contribution >= 4 is 5.57 Å². The lowest BCUT2D eigenvalue weighted by molar-refractivity contribution is -0.137. The van der Waals surface area contributed by atoms with Crippen molar-refractivity contribution in [2.75, 3.05) is 0 Å². The molecule has 1 aliphatic rings. The summed E-state index contributed by atoms with van der Waals surface area (Å²) in [6.07, 6.45) is 0.822. The van der Waals surface area contributed by atoms with Gasteiger partial charge in [-0.05, 0) is 41.1 Å². The van der Waals surface area contributed by atoms with Crippen molar-refractivity contribution in [3.05, 3.63) is 89.6 Å². The van der Waals surface area contributed by atoms with E-state index in [1.165, 1.54) is 12.1 Å². The van der Waals surface area contributed by atoms with Gasteiger partial charge in [0, 0.05) is 0 Å². The van der Waals surface area contributed by atoms with Gasteiger partial charge in [-0.2, -0.15) is 13.2 Å². The number of halogens is 3. The SMILES string of the molecule is FC(F)(F)c1ccccc1C1=CC(c2ccccc2)NC=C1. The maximum absolute atomic E-state index is 13.2. The van der Waals surface area contributed by atoms with Crippen LogP contribution in [-0.4, -0.2) is 0 Å². The molecule has 1 heterocycles. The highest BCUT2D eigenvalue weighted by Gasteiger charge is 2.33. The van der Waals surface area contributed by atoms with Crippen molar-refractivity contribution in [2.45, 2.75) is 12.2 Å². The van der Waals surface area contributed by atoms with E-state index in [0.29, 0.717) is 5.57 Å². The van der Waals surface area contributed by atoms with Crippen molar-refractivity contribution in [3.63, 3.8) is 0 Å². The maximum Gasteiger partial charge on any atom is 0.417 e. The van der Waals surface area contributed by atoms with Crippen LogP contribution in [0.15, 0.2) is 72.9 Å². The Kier molecular flexibility index (Phi) is 3.75. The highest BCUT2D eigenvalue weighted by molar-refractivity contribution is 5.77. The first-order valence-electron chi connectivity index (χ1n) is 6.92. The fraction of sp³-hybridized carbons (Fsp3) is 0.111. The van der Waals surface area contributed by atoms with E-state index < -0.39 is 11.7 Å². The van der Waals surface area contributed by atoms with Gasteiger partial charge in [-0.25, -0.2) is 0 Å². The third-order valence-electron chi connectivity index (χ3n) is 3.59. The number of rotatable bonds is 2. The standard InChI is InChI=1S/C18H14F3N/c19-18(20,21)16-9-5-4-8-15(16)14-10-11-22-17(12-14)13-6-2-1-3-7-13/h1-12,17,22H. The van der Waals surface area contributed by atoms with E-state index in [1.54, 1.807) is 18.3 Å². The van der Waals surface area contributed by atoms with Crippen LogP contribution in [0.2, 0.25) is 0 Å². The van der Waals surface area contributed by atoms with Crippen molar-refractivity contribution in [1.29, 1.82) is 0 Å². The number of dihydropyridines is 1. The van der Waals surface area contributed by atoms with Gasteiger partial charge in [0.1, 0.15) is 0 Å². The Bertz CT molecular complexity index is 715. The van der Waals surface area contributed by atoms with Crippen molar-refractivity contribution < 1.29 is 13.2 Å². The average Bonchev–Trinajstić information content (AvgIpc) is 2.55. The van der Waals surface area contributed by atoms with Gasteiger partial charge in [-0.15, -0.1) is 0 Å². The minimum atomic E-state index is -4.36. The lowest BCUT2D eigenvalue weighted by Crippen LogP contribution is -2.17. The first kappa shape index (κ1) is 14.4. The minimum Gasteiger partial charge on any atom is -0.381 e. The van der Waals surface area contributed by atoms with Crippen LogP contribution in [0.3, 0.4) is 0 Å². The number of benzene rings is 2. The van der Waals surface area contributed by atoms with Crippen LogP contribution in [0.25, 0.3) is 5.57 Å². The predicted molar refractivity (Wildman–Crippen MR) is 80.9 cm³/mol. The van der Waals surface area contributed by atoms with E-state index in [4.69, 9.17) is 0 Å². The number of hydrogen-bond acceptors (Lipinski definition) is 1. The molecule has 1 N–H and O–H groups in total. The summed E-state index contributed by atoms with van der Waals surface area (Å²) < 4.78 is 39.5. The Labute approximate surface area is 126 Å². The van der Waals surface area contributed by atoms with Gasteiger partial charge < -0.3 is 5.32 Å². The van der Waals surface area contributed by atoms with E-state index in [2.05, 4.69) is 5.32 Å². The van der Waals surface area contributed by atoms with Gasteiger partial charge in [0.2, 0.25) is 0 Å². The van der Waals surface area contributed by atoms with E-state index in [9.17, 15) is 13.2 Å². The normalized spacial score (nSPS) is 17.8. The van der Waals surface area contributed by atoms with E-state index in [1.807, 2.05) is 36.4 Å². The Morgan fingerprint density at radius 2 is 1.55 bits per heavy atom. The highest BCUT2D eigenvalue weighted by Crippen LogP contribution is 2.36. The van der Waals surface area contributed by atoms with Gasteiger partial charge in [-0.1, -0.05) is 48.5 Å². The van der Waals surface area contributed by atoms with Gasteiger partial charge >= 0.3 is 6.18 Å². The molecule has 0 aromatic heterocycles. The van der Waals surface area contributed by atoms with E-state index >= 15 is 0 Å². The number of hydrogen-bond donors (Lipinski definition) is 1. The zero-order valence-corrected chi connectivity index (χ0v) is 11.6. The third-order valence-corrected chi connectivity index (χ3v) is 3.59. The molecule has 1 nitrogen and oxygen atoms in total. The second kappa shape index (κ2) is 5.72. The largest absolute Gasteiger partial charge is 0.417 e. The fourth-order valence-corrected chi connectivity index (χ4v) is 2.54. The molecular weight excluding hydrogens is 287 g/mol. The van der Waals surface area contributed by atoms with Crippen LogP contribution in [0.4, 0.5) is 13.2 Å². The summed E-state index contributed by atoms with van der Waals surface area (Å²) in [5.74, 6) is 0. The van der Waals surface area contributed by atoms with E-state index in [-0.39, 0.29) is 11.6 Å². The van der Waals surface area contributed by atoms with Gasteiger partial charge in [0.25, 0.3) is 0 Å². The fourth-order valence-electron chi connectivity index (χ4n) is 2.54. The Balaban J connectivity index is 2.02. The topological polar surface area (TPSA) is 12.0 Å². The molecule has 0 aliphatic carbocycles. The molecule has 2 aromatic rings. The van der Waals surface area contributed by atoms with Crippen molar-refractivity contribution in [2.24, 2.45) is 0 Å². The van der Waals surface area contributed by atoms with Crippen molar-refractivity contribution in [3.8, 4) is 0 Å². The molecule has 0 radical (unpaired) electrons. The summed E-state index contributed by atoms with van der Waals surface area (Å²) in [7, 11) is 0. The number of nitrogens with one attached hydrogen (secondary N) is 1. The zero-order valence-electron chi connectivity index (χ0n) is 11.6. The van der Waals surface area contributed by atoms with Crippen LogP contribution in [0.1, 0.15) is 22.7 Å². The Morgan fingerprint density at radius 3 is 2.27 bits per heavy atom. The molecule has 2 aromatic carbocycles. The van der Waals surface area contributed by atoms with Crippen LogP contribution >= 0.6 is 0 Å². The van der Waals surface area contributed by atoms with Crippen LogP contribution in [0.5, 0.6) is 0 Å². The molecule has 1 aliphatic heterocycles. The molecule has 3 rings (SSSR count). The summed E-state index contributed by atoms with van der Waals surface area (Å²) in [6, 6.07) is 15.1. The van der Waals surface area contributed by atoms with E-state index in [0.717, 1.165) is 11.6 Å². The monoisotopic (exact) mass is 301 g/mol. The first-order chi connectivity index (χ1) is 10.6. The molecule has 1 unspecified atom stereocenters. The van der Waals surface area contributed by atoms with Gasteiger partial charge in [-0.3, -0.25) is 0 Å². The molecular formula is C18H14F3N. The zero-order chi connectivity index (χ0) is 15.6.